The number of alkyl halides is 3. The van der Waals surface area contributed by atoms with Crippen LogP contribution in [0.5, 0.6) is 0 Å². The lowest BCUT2D eigenvalue weighted by Gasteiger charge is -2.32. The largest absolute Gasteiger partial charge is 0.389 e. The third-order valence-electron chi connectivity index (χ3n) is 3.56. The molecular formula is C13H25F3N2O. The lowest BCUT2D eigenvalue weighted by molar-refractivity contribution is -0.136. The zero-order valence-electron chi connectivity index (χ0n) is 11.6. The fraction of sp³-hybridized carbons (Fsp3) is 1.00. The van der Waals surface area contributed by atoms with Gasteiger partial charge in [0.2, 0.25) is 0 Å². The first kappa shape index (κ1) is 16.7. The van der Waals surface area contributed by atoms with Crippen LogP contribution in [0.4, 0.5) is 13.2 Å². The number of hydrogen-bond donors (Lipinski definition) is 1. The molecule has 0 aromatic rings. The number of piperidine rings is 1. The minimum atomic E-state index is -4.01. The molecule has 0 aliphatic carbocycles. The molecule has 0 radical (unpaired) electrons. The van der Waals surface area contributed by atoms with Crippen molar-refractivity contribution in [3.05, 3.63) is 0 Å². The number of rotatable bonds is 8. The van der Waals surface area contributed by atoms with Crippen molar-refractivity contribution < 1.29 is 17.9 Å². The molecule has 6 heteroatoms. The van der Waals surface area contributed by atoms with Gasteiger partial charge in [-0.1, -0.05) is 0 Å². The quantitative estimate of drug-likeness (QED) is 0.691. The molecule has 1 fully saturated rings. The molecule has 0 aromatic heterocycles. The van der Waals surface area contributed by atoms with Gasteiger partial charge in [0.05, 0.1) is 6.61 Å². The molecule has 114 valence electrons. The normalized spacial score (nSPS) is 18.9. The van der Waals surface area contributed by atoms with Crippen LogP contribution < -0.4 is 5.32 Å². The summed E-state index contributed by atoms with van der Waals surface area (Å²) in [6.45, 7) is 4.99. The van der Waals surface area contributed by atoms with Gasteiger partial charge in [0.25, 0.3) is 0 Å². The highest BCUT2D eigenvalue weighted by Crippen LogP contribution is 2.22. The number of halogens is 3. The summed E-state index contributed by atoms with van der Waals surface area (Å²) in [4.78, 5) is 2.15. The van der Waals surface area contributed by atoms with E-state index >= 15 is 0 Å². The Hall–Kier alpha value is -0.330. The van der Waals surface area contributed by atoms with Gasteiger partial charge in [-0.05, 0) is 51.4 Å². The SMILES string of the molecule is COCCNCC1CCN(CCCC(F)(F)F)CC1. The molecule has 0 unspecified atom stereocenters. The highest BCUT2D eigenvalue weighted by atomic mass is 19.4. The molecule has 0 aromatic carbocycles. The molecule has 0 amide bonds. The number of nitrogens with zero attached hydrogens (tertiary/aromatic N) is 1. The maximum Gasteiger partial charge on any atom is 0.389 e. The van der Waals surface area contributed by atoms with Crippen molar-refractivity contribution in [2.45, 2.75) is 31.9 Å². The molecule has 1 aliphatic rings. The van der Waals surface area contributed by atoms with Gasteiger partial charge in [-0.3, -0.25) is 0 Å². The Morgan fingerprint density at radius 1 is 1.26 bits per heavy atom. The molecule has 1 rings (SSSR count). The maximum absolute atomic E-state index is 12.0. The monoisotopic (exact) mass is 282 g/mol. The molecule has 1 N–H and O–H groups in total. The highest BCUT2D eigenvalue weighted by molar-refractivity contribution is 4.74. The Morgan fingerprint density at radius 2 is 1.95 bits per heavy atom. The van der Waals surface area contributed by atoms with E-state index in [1.807, 2.05) is 0 Å². The number of hydrogen-bond acceptors (Lipinski definition) is 3. The van der Waals surface area contributed by atoms with E-state index in [9.17, 15) is 13.2 Å². The van der Waals surface area contributed by atoms with Crippen LogP contribution in [-0.2, 0) is 4.74 Å². The lowest BCUT2D eigenvalue weighted by atomic mass is 9.96. The van der Waals surface area contributed by atoms with Crippen molar-refractivity contribution >= 4 is 0 Å². The van der Waals surface area contributed by atoms with Crippen LogP contribution in [0.1, 0.15) is 25.7 Å². The van der Waals surface area contributed by atoms with Gasteiger partial charge in [-0.25, -0.2) is 0 Å². The summed E-state index contributed by atoms with van der Waals surface area (Å²) in [5, 5.41) is 3.34. The Labute approximate surface area is 113 Å². The van der Waals surface area contributed by atoms with E-state index in [1.54, 1.807) is 7.11 Å². The fourth-order valence-corrected chi connectivity index (χ4v) is 2.40. The third-order valence-corrected chi connectivity index (χ3v) is 3.56. The second-order valence-electron chi connectivity index (χ2n) is 5.20. The topological polar surface area (TPSA) is 24.5 Å². The molecule has 1 saturated heterocycles. The zero-order valence-corrected chi connectivity index (χ0v) is 11.6. The second kappa shape index (κ2) is 8.76. The van der Waals surface area contributed by atoms with Crippen LogP contribution in [0.3, 0.4) is 0 Å². The summed E-state index contributed by atoms with van der Waals surface area (Å²) in [7, 11) is 1.68. The van der Waals surface area contributed by atoms with Gasteiger partial charge in [-0.15, -0.1) is 0 Å². The average molecular weight is 282 g/mol. The summed E-state index contributed by atoms with van der Waals surface area (Å²) < 4.78 is 41.1. The van der Waals surface area contributed by atoms with Crippen molar-refractivity contribution in [2.24, 2.45) is 5.92 Å². The standard InChI is InChI=1S/C13H25F3N2O/c1-19-10-6-17-11-12-3-8-18(9-4-12)7-2-5-13(14,15)16/h12,17H,2-11H2,1H3. The molecular weight excluding hydrogens is 257 g/mol. The Balaban J connectivity index is 2.02. The Morgan fingerprint density at radius 3 is 2.53 bits per heavy atom. The van der Waals surface area contributed by atoms with Gasteiger partial charge in [0, 0.05) is 20.1 Å². The minimum Gasteiger partial charge on any atom is -0.383 e. The summed E-state index contributed by atoms with van der Waals surface area (Å²) in [6, 6.07) is 0. The fourth-order valence-electron chi connectivity index (χ4n) is 2.40. The number of methoxy groups -OCH3 is 1. The first-order valence-corrected chi connectivity index (χ1v) is 7.00. The number of ether oxygens (including phenoxy) is 1. The lowest BCUT2D eigenvalue weighted by Crippen LogP contribution is -2.38. The first-order chi connectivity index (χ1) is 9.01. The Kier molecular flexibility index (Phi) is 7.71. The second-order valence-corrected chi connectivity index (χ2v) is 5.20. The van der Waals surface area contributed by atoms with E-state index < -0.39 is 12.6 Å². The van der Waals surface area contributed by atoms with Gasteiger partial charge in [0.15, 0.2) is 0 Å². The van der Waals surface area contributed by atoms with Crippen molar-refractivity contribution in [1.82, 2.24) is 10.2 Å². The third kappa shape index (κ3) is 8.44. The van der Waals surface area contributed by atoms with Gasteiger partial charge >= 0.3 is 6.18 Å². The molecule has 0 atom stereocenters. The van der Waals surface area contributed by atoms with E-state index in [4.69, 9.17) is 4.74 Å². The van der Waals surface area contributed by atoms with Crippen LogP contribution in [-0.4, -0.2) is 57.5 Å². The van der Waals surface area contributed by atoms with Crippen LogP contribution >= 0.6 is 0 Å². The summed E-state index contributed by atoms with van der Waals surface area (Å²) in [5.74, 6) is 0.649. The van der Waals surface area contributed by atoms with E-state index in [2.05, 4.69) is 10.2 Å². The van der Waals surface area contributed by atoms with Crippen LogP contribution in [0.15, 0.2) is 0 Å². The summed E-state index contributed by atoms with van der Waals surface area (Å²) in [6.07, 6.45) is -2.30. The van der Waals surface area contributed by atoms with Crippen LogP contribution in [0.25, 0.3) is 0 Å². The van der Waals surface area contributed by atoms with Gasteiger partial charge in [-0.2, -0.15) is 13.2 Å². The maximum atomic E-state index is 12.0. The summed E-state index contributed by atoms with van der Waals surface area (Å²) in [5.41, 5.74) is 0. The minimum absolute atomic E-state index is 0.222. The predicted molar refractivity (Wildman–Crippen MR) is 69.2 cm³/mol. The zero-order chi connectivity index (χ0) is 14.1. The molecule has 1 heterocycles. The Bertz CT molecular complexity index is 228. The molecule has 0 bridgehead atoms. The first-order valence-electron chi connectivity index (χ1n) is 7.00. The number of nitrogens with one attached hydrogen (secondary N) is 1. The van der Waals surface area contributed by atoms with Crippen molar-refractivity contribution in [3.8, 4) is 0 Å². The van der Waals surface area contributed by atoms with Crippen molar-refractivity contribution in [1.29, 1.82) is 0 Å². The van der Waals surface area contributed by atoms with Crippen molar-refractivity contribution in [2.75, 3.05) is 46.4 Å². The van der Waals surface area contributed by atoms with Gasteiger partial charge in [0.1, 0.15) is 0 Å². The smallest absolute Gasteiger partial charge is 0.383 e. The molecule has 0 saturated carbocycles. The van der Waals surface area contributed by atoms with Crippen LogP contribution in [0, 0.1) is 5.92 Å². The highest BCUT2D eigenvalue weighted by Gasteiger charge is 2.27. The van der Waals surface area contributed by atoms with E-state index in [0.29, 0.717) is 12.5 Å². The molecule has 19 heavy (non-hydrogen) atoms. The molecule has 3 nitrogen and oxygen atoms in total. The van der Waals surface area contributed by atoms with Crippen LogP contribution in [0.2, 0.25) is 0 Å². The van der Waals surface area contributed by atoms with E-state index in [-0.39, 0.29) is 6.42 Å². The predicted octanol–water partition coefficient (Wildman–Crippen LogP) is 2.28. The number of likely N-dealkylation sites (tertiary alicyclic amines) is 1. The van der Waals surface area contributed by atoms with Crippen molar-refractivity contribution in [3.63, 3.8) is 0 Å². The molecule has 0 spiro atoms. The summed E-state index contributed by atoms with van der Waals surface area (Å²) >= 11 is 0. The average Bonchev–Trinajstić information content (AvgIpc) is 2.35. The van der Waals surface area contributed by atoms with E-state index in [1.165, 1.54) is 0 Å². The van der Waals surface area contributed by atoms with Gasteiger partial charge < -0.3 is 15.0 Å². The molecule has 1 aliphatic heterocycles. The van der Waals surface area contributed by atoms with E-state index in [0.717, 1.165) is 45.6 Å².